The monoisotopic (exact) mass is 334 g/mol. The quantitative estimate of drug-likeness (QED) is 0.698. The van der Waals surface area contributed by atoms with Crippen LogP contribution >= 0.6 is 0 Å². The molecule has 25 heavy (non-hydrogen) atoms. The minimum Gasteiger partial charge on any atom is -0.366 e. The molecule has 0 aliphatic heterocycles. The molecule has 0 spiro atoms. The van der Waals surface area contributed by atoms with Gasteiger partial charge >= 0.3 is 5.97 Å². The van der Waals surface area contributed by atoms with Crippen LogP contribution < -0.4 is 5.48 Å². The van der Waals surface area contributed by atoms with Gasteiger partial charge in [0.05, 0.1) is 11.6 Å². The fourth-order valence-electron chi connectivity index (χ4n) is 2.83. The summed E-state index contributed by atoms with van der Waals surface area (Å²) in [5.74, 6) is -0.386. The van der Waals surface area contributed by atoms with Gasteiger partial charge < -0.3 is 9.40 Å². The van der Waals surface area contributed by atoms with Crippen LogP contribution in [0.4, 0.5) is 0 Å². The Balaban J connectivity index is 1.65. The second kappa shape index (κ2) is 7.36. The lowest BCUT2D eigenvalue weighted by Crippen LogP contribution is -2.23. The average molecular weight is 334 g/mol. The Morgan fingerprint density at radius 3 is 2.12 bits per heavy atom. The van der Waals surface area contributed by atoms with E-state index in [0.717, 1.165) is 11.3 Å². The van der Waals surface area contributed by atoms with Crippen molar-refractivity contribution in [2.45, 2.75) is 26.8 Å². The number of benzene rings is 2. The molecular formula is C21H22N2O2. The molecule has 0 radical (unpaired) electrons. The van der Waals surface area contributed by atoms with Crippen molar-refractivity contribution in [3.63, 3.8) is 0 Å². The summed E-state index contributed by atoms with van der Waals surface area (Å²) >= 11 is 0. The molecule has 1 aromatic heterocycles. The Bertz CT molecular complexity index is 832. The van der Waals surface area contributed by atoms with Gasteiger partial charge in [-0.3, -0.25) is 0 Å². The van der Waals surface area contributed by atoms with E-state index in [2.05, 4.69) is 48.2 Å². The van der Waals surface area contributed by atoms with Crippen molar-refractivity contribution in [1.82, 2.24) is 10.0 Å². The largest absolute Gasteiger partial charge is 0.366 e. The molecule has 1 unspecified atom stereocenters. The standard InChI is InChI=1S/C21H22N2O2/c1-15-9-10-16(2)23(15)20-13-11-18(12-14-20)17(3)22-25-21(24)19-7-5-4-6-8-19/h4-14,17,22H,1-3H3. The van der Waals surface area contributed by atoms with Crippen LogP contribution in [0.2, 0.25) is 0 Å². The predicted octanol–water partition coefficient (Wildman–Crippen LogP) is 4.52. The van der Waals surface area contributed by atoms with E-state index < -0.39 is 0 Å². The van der Waals surface area contributed by atoms with Crippen LogP contribution in [0.3, 0.4) is 0 Å². The average Bonchev–Trinajstić information content (AvgIpc) is 2.98. The second-order valence-corrected chi connectivity index (χ2v) is 6.14. The first-order chi connectivity index (χ1) is 12.1. The third kappa shape index (κ3) is 3.80. The number of rotatable bonds is 5. The summed E-state index contributed by atoms with van der Waals surface area (Å²) < 4.78 is 2.21. The number of carbonyl (C=O) groups excluding carboxylic acids is 1. The first-order valence-electron chi connectivity index (χ1n) is 8.33. The smallest absolute Gasteiger partial charge is 0.356 e. The van der Waals surface area contributed by atoms with Crippen molar-refractivity contribution in [3.8, 4) is 5.69 Å². The van der Waals surface area contributed by atoms with Gasteiger partial charge in [0.2, 0.25) is 0 Å². The van der Waals surface area contributed by atoms with E-state index in [9.17, 15) is 4.79 Å². The van der Waals surface area contributed by atoms with Gasteiger partial charge in [0.15, 0.2) is 0 Å². The topological polar surface area (TPSA) is 43.3 Å². The molecule has 0 fully saturated rings. The van der Waals surface area contributed by atoms with Crippen LogP contribution in [0, 0.1) is 13.8 Å². The number of hydrogen-bond acceptors (Lipinski definition) is 3. The molecule has 128 valence electrons. The van der Waals surface area contributed by atoms with E-state index in [0.29, 0.717) is 5.56 Å². The third-order valence-electron chi connectivity index (χ3n) is 4.26. The summed E-state index contributed by atoms with van der Waals surface area (Å²) in [5.41, 5.74) is 7.92. The molecule has 3 aromatic rings. The lowest BCUT2D eigenvalue weighted by Gasteiger charge is -2.15. The lowest BCUT2D eigenvalue weighted by molar-refractivity contribution is 0.0169. The maximum Gasteiger partial charge on any atom is 0.356 e. The van der Waals surface area contributed by atoms with Crippen molar-refractivity contribution >= 4 is 5.97 Å². The fourth-order valence-corrected chi connectivity index (χ4v) is 2.83. The molecule has 0 aliphatic carbocycles. The highest BCUT2D eigenvalue weighted by molar-refractivity contribution is 5.89. The summed E-state index contributed by atoms with van der Waals surface area (Å²) in [6.45, 7) is 6.14. The van der Waals surface area contributed by atoms with Gasteiger partial charge in [0.25, 0.3) is 0 Å². The minimum absolute atomic E-state index is 0.103. The van der Waals surface area contributed by atoms with Crippen molar-refractivity contribution < 1.29 is 9.63 Å². The fraction of sp³-hybridized carbons (Fsp3) is 0.190. The Labute approximate surface area is 148 Å². The normalized spacial score (nSPS) is 12.0. The Kier molecular flexibility index (Phi) is 5.00. The number of nitrogens with zero attached hydrogens (tertiary/aromatic N) is 1. The number of aromatic nitrogens is 1. The van der Waals surface area contributed by atoms with Crippen LogP contribution in [0.1, 0.15) is 40.3 Å². The number of aryl methyl sites for hydroxylation is 2. The molecular weight excluding hydrogens is 312 g/mol. The van der Waals surface area contributed by atoms with E-state index >= 15 is 0 Å². The van der Waals surface area contributed by atoms with Crippen LogP contribution in [-0.4, -0.2) is 10.5 Å². The maximum absolute atomic E-state index is 12.0. The van der Waals surface area contributed by atoms with Gasteiger partial charge in [-0.2, -0.15) is 0 Å². The van der Waals surface area contributed by atoms with Gasteiger partial charge in [-0.05, 0) is 62.7 Å². The van der Waals surface area contributed by atoms with Crippen molar-refractivity contribution in [3.05, 3.63) is 89.2 Å². The second-order valence-electron chi connectivity index (χ2n) is 6.14. The molecule has 0 bridgehead atoms. The summed E-state index contributed by atoms with van der Waals surface area (Å²) in [7, 11) is 0. The van der Waals surface area contributed by atoms with Crippen LogP contribution in [0.15, 0.2) is 66.7 Å². The number of hydroxylamine groups is 1. The van der Waals surface area contributed by atoms with Gasteiger partial charge in [-0.25, -0.2) is 4.79 Å². The van der Waals surface area contributed by atoms with E-state index in [4.69, 9.17) is 4.84 Å². The number of hydrogen-bond donors (Lipinski definition) is 1. The zero-order valence-electron chi connectivity index (χ0n) is 14.7. The summed E-state index contributed by atoms with van der Waals surface area (Å²) in [6.07, 6.45) is 0. The predicted molar refractivity (Wildman–Crippen MR) is 98.7 cm³/mol. The zero-order valence-corrected chi connectivity index (χ0v) is 14.7. The minimum atomic E-state index is -0.386. The molecule has 0 saturated heterocycles. The molecule has 3 rings (SSSR count). The first-order valence-corrected chi connectivity index (χ1v) is 8.33. The van der Waals surface area contributed by atoms with Crippen LogP contribution in [0.5, 0.6) is 0 Å². The van der Waals surface area contributed by atoms with Crippen molar-refractivity contribution in [2.75, 3.05) is 0 Å². The molecule has 1 atom stereocenters. The molecule has 0 aliphatic rings. The van der Waals surface area contributed by atoms with Gasteiger partial charge in [0, 0.05) is 17.1 Å². The zero-order chi connectivity index (χ0) is 17.8. The van der Waals surface area contributed by atoms with Crippen molar-refractivity contribution in [1.29, 1.82) is 0 Å². The van der Waals surface area contributed by atoms with E-state index in [1.165, 1.54) is 11.4 Å². The van der Waals surface area contributed by atoms with E-state index in [1.807, 2.05) is 37.3 Å². The summed E-state index contributed by atoms with van der Waals surface area (Å²) in [4.78, 5) is 17.2. The first kappa shape index (κ1) is 17.0. The lowest BCUT2D eigenvalue weighted by atomic mass is 10.1. The molecule has 4 heteroatoms. The van der Waals surface area contributed by atoms with E-state index in [1.54, 1.807) is 12.1 Å². The summed E-state index contributed by atoms with van der Waals surface area (Å²) in [6, 6.07) is 21.3. The third-order valence-corrected chi connectivity index (χ3v) is 4.26. The van der Waals surface area contributed by atoms with Gasteiger partial charge in [-0.15, -0.1) is 5.48 Å². The molecule has 2 aromatic carbocycles. The highest BCUT2D eigenvalue weighted by atomic mass is 16.7. The highest BCUT2D eigenvalue weighted by Gasteiger charge is 2.11. The van der Waals surface area contributed by atoms with Gasteiger partial charge in [0.1, 0.15) is 0 Å². The Morgan fingerprint density at radius 2 is 1.52 bits per heavy atom. The summed E-state index contributed by atoms with van der Waals surface area (Å²) in [5, 5.41) is 0. The van der Waals surface area contributed by atoms with E-state index in [-0.39, 0.29) is 12.0 Å². The van der Waals surface area contributed by atoms with Gasteiger partial charge in [-0.1, -0.05) is 30.3 Å². The maximum atomic E-state index is 12.0. The molecule has 1 heterocycles. The van der Waals surface area contributed by atoms with Crippen LogP contribution in [-0.2, 0) is 4.84 Å². The SMILES string of the molecule is Cc1ccc(C)n1-c1ccc(C(C)NOC(=O)c2ccccc2)cc1. The highest BCUT2D eigenvalue weighted by Crippen LogP contribution is 2.19. The Hall–Kier alpha value is -2.85. The van der Waals surface area contributed by atoms with Crippen molar-refractivity contribution in [2.24, 2.45) is 0 Å². The number of nitrogens with one attached hydrogen (secondary N) is 1. The molecule has 1 N–H and O–H groups in total. The molecule has 4 nitrogen and oxygen atoms in total. The number of carbonyl (C=O) groups is 1. The van der Waals surface area contributed by atoms with Crippen LogP contribution in [0.25, 0.3) is 5.69 Å². The molecule has 0 saturated carbocycles. The Morgan fingerprint density at radius 1 is 0.920 bits per heavy atom. The molecule has 0 amide bonds.